The Balaban J connectivity index is 1.60. The first-order chi connectivity index (χ1) is 11.6. The van der Waals surface area contributed by atoms with Crippen LogP contribution >= 0.6 is 0 Å². The number of anilines is 1. The molecule has 0 radical (unpaired) electrons. The number of carbonyl (C=O) groups is 1. The monoisotopic (exact) mass is 334 g/mol. The number of rotatable bonds is 4. The van der Waals surface area contributed by atoms with Gasteiger partial charge in [-0.25, -0.2) is 0 Å². The molecule has 2 saturated heterocycles. The summed E-state index contributed by atoms with van der Waals surface area (Å²) in [6, 6.07) is 5.43. The van der Waals surface area contributed by atoms with Gasteiger partial charge in [0.2, 0.25) is 5.91 Å². The minimum atomic E-state index is -0.322. The SMILES string of the molecule is Cc1cc(NC(=O)[C@H]2NCCO[C@@H]2C)ccc1OC1CCOCC1. The fourth-order valence-electron chi connectivity index (χ4n) is 3.08. The van der Waals surface area contributed by atoms with E-state index in [1.807, 2.05) is 32.0 Å². The van der Waals surface area contributed by atoms with Crippen molar-refractivity contribution < 1.29 is 19.0 Å². The maximum Gasteiger partial charge on any atom is 0.244 e. The number of morpholine rings is 1. The van der Waals surface area contributed by atoms with Crippen LogP contribution in [0.3, 0.4) is 0 Å². The van der Waals surface area contributed by atoms with Crippen LogP contribution in [0.15, 0.2) is 18.2 Å². The molecule has 0 aliphatic carbocycles. The summed E-state index contributed by atoms with van der Waals surface area (Å²) in [4.78, 5) is 12.4. The number of hydrogen-bond acceptors (Lipinski definition) is 5. The maximum atomic E-state index is 12.4. The molecule has 1 aromatic carbocycles. The number of aryl methyl sites for hydroxylation is 1. The molecule has 0 spiro atoms. The largest absolute Gasteiger partial charge is 0.490 e. The first kappa shape index (κ1) is 17.2. The van der Waals surface area contributed by atoms with Crippen molar-refractivity contribution in [2.24, 2.45) is 0 Å². The molecular weight excluding hydrogens is 308 g/mol. The van der Waals surface area contributed by atoms with E-state index in [-0.39, 0.29) is 24.2 Å². The number of amides is 1. The molecule has 6 heteroatoms. The van der Waals surface area contributed by atoms with Crippen molar-refractivity contribution in [2.75, 3.05) is 31.7 Å². The third-order valence-electron chi connectivity index (χ3n) is 4.50. The van der Waals surface area contributed by atoms with Gasteiger partial charge in [-0.3, -0.25) is 4.79 Å². The highest BCUT2D eigenvalue weighted by atomic mass is 16.5. The molecule has 24 heavy (non-hydrogen) atoms. The maximum absolute atomic E-state index is 12.4. The summed E-state index contributed by atoms with van der Waals surface area (Å²) in [6.45, 7) is 6.75. The molecule has 0 saturated carbocycles. The number of nitrogens with one attached hydrogen (secondary N) is 2. The number of ether oxygens (including phenoxy) is 3. The van der Waals surface area contributed by atoms with Crippen LogP contribution in [0, 0.1) is 6.92 Å². The van der Waals surface area contributed by atoms with Crippen LogP contribution in [0.4, 0.5) is 5.69 Å². The van der Waals surface area contributed by atoms with Crippen molar-refractivity contribution in [3.05, 3.63) is 23.8 Å². The molecule has 132 valence electrons. The average molecular weight is 334 g/mol. The minimum Gasteiger partial charge on any atom is -0.490 e. The minimum absolute atomic E-state index is 0.0697. The van der Waals surface area contributed by atoms with Crippen molar-refractivity contribution in [3.8, 4) is 5.75 Å². The lowest BCUT2D eigenvalue weighted by molar-refractivity contribution is -0.123. The highest BCUT2D eigenvalue weighted by Gasteiger charge is 2.28. The van der Waals surface area contributed by atoms with Crippen molar-refractivity contribution >= 4 is 11.6 Å². The van der Waals surface area contributed by atoms with Crippen LogP contribution in [0.5, 0.6) is 5.75 Å². The zero-order chi connectivity index (χ0) is 16.9. The van der Waals surface area contributed by atoms with E-state index < -0.39 is 0 Å². The van der Waals surface area contributed by atoms with Gasteiger partial charge in [0.05, 0.1) is 25.9 Å². The van der Waals surface area contributed by atoms with E-state index in [0.717, 1.165) is 43.1 Å². The molecule has 2 N–H and O–H groups in total. The Kier molecular flexibility index (Phi) is 5.71. The second-order valence-electron chi connectivity index (χ2n) is 6.41. The summed E-state index contributed by atoms with van der Waals surface area (Å²) in [6.07, 6.45) is 1.92. The van der Waals surface area contributed by atoms with Gasteiger partial charge in [-0.2, -0.15) is 0 Å². The van der Waals surface area contributed by atoms with E-state index >= 15 is 0 Å². The van der Waals surface area contributed by atoms with Gasteiger partial charge in [-0.15, -0.1) is 0 Å². The summed E-state index contributed by atoms with van der Waals surface area (Å²) in [7, 11) is 0. The van der Waals surface area contributed by atoms with Gasteiger partial charge in [0.25, 0.3) is 0 Å². The first-order valence-electron chi connectivity index (χ1n) is 8.64. The molecule has 0 bridgehead atoms. The summed E-state index contributed by atoms with van der Waals surface area (Å²) < 4.78 is 16.9. The van der Waals surface area contributed by atoms with Crippen LogP contribution in [0.1, 0.15) is 25.3 Å². The lowest BCUT2D eigenvalue weighted by Crippen LogP contribution is -2.53. The Hall–Kier alpha value is -1.63. The van der Waals surface area contributed by atoms with Crippen molar-refractivity contribution in [1.29, 1.82) is 0 Å². The Morgan fingerprint density at radius 3 is 2.79 bits per heavy atom. The highest BCUT2D eigenvalue weighted by Crippen LogP contribution is 2.25. The summed E-state index contributed by atoms with van der Waals surface area (Å²) in [5.41, 5.74) is 1.79. The van der Waals surface area contributed by atoms with Gasteiger partial charge in [0.15, 0.2) is 0 Å². The Labute approximate surface area is 142 Å². The Morgan fingerprint density at radius 2 is 2.08 bits per heavy atom. The second-order valence-corrected chi connectivity index (χ2v) is 6.41. The third kappa shape index (κ3) is 4.26. The normalized spacial score (nSPS) is 25.2. The lowest BCUT2D eigenvalue weighted by atomic mass is 10.1. The summed E-state index contributed by atoms with van der Waals surface area (Å²) in [5, 5.41) is 6.15. The molecular formula is C18H26N2O4. The van der Waals surface area contributed by atoms with Gasteiger partial charge < -0.3 is 24.8 Å². The molecule has 3 rings (SSSR count). The standard InChI is InChI=1S/C18H26N2O4/c1-12-11-14(20-18(21)17-13(2)23-10-7-19-17)3-4-16(12)24-15-5-8-22-9-6-15/h3-4,11,13,15,17,19H,5-10H2,1-2H3,(H,20,21)/t13-,17+/m1/s1. The fourth-order valence-corrected chi connectivity index (χ4v) is 3.08. The molecule has 0 unspecified atom stereocenters. The second kappa shape index (κ2) is 7.96. The third-order valence-corrected chi connectivity index (χ3v) is 4.50. The molecule has 2 atom stereocenters. The highest BCUT2D eigenvalue weighted by molar-refractivity contribution is 5.95. The van der Waals surface area contributed by atoms with E-state index in [4.69, 9.17) is 14.2 Å². The number of carbonyl (C=O) groups excluding carboxylic acids is 1. The molecule has 0 aromatic heterocycles. The zero-order valence-electron chi connectivity index (χ0n) is 14.3. The van der Waals surface area contributed by atoms with Crippen LogP contribution in [-0.4, -0.2) is 50.5 Å². The van der Waals surface area contributed by atoms with Crippen LogP contribution in [0.25, 0.3) is 0 Å². The molecule has 2 fully saturated rings. The van der Waals surface area contributed by atoms with E-state index in [2.05, 4.69) is 10.6 Å². The average Bonchev–Trinajstić information content (AvgIpc) is 2.58. The summed E-state index contributed by atoms with van der Waals surface area (Å²) >= 11 is 0. The lowest BCUT2D eigenvalue weighted by Gasteiger charge is -2.29. The molecule has 2 heterocycles. The van der Waals surface area contributed by atoms with E-state index in [9.17, 15) is 4.79 Å². The van der Waals surface area contributed by atoms with Gasteiger partial charge in [-0.1, -0.05) is 0 Å². The van der Waals surface area contributed by atoms with E-state index in [1.54, 1.807) is 0 Å². The molecule has 1 amide bonds. The Bertz CT molecular complexity index is 572. The molecule has 6 nitrogen and oxygen atoms in total. The van der Waals surface area contributed by atoms with Gasteiger partial charge in [0, 0.05) is 25.1 Å². The predicted octanol–water partition coefficient (Wildman–Crippen LogP) is 1.87. The van der Waals surface area contributed by atoms with Crippen LogP contribution in [0.2, 0.25) is 0 Å². The summed E-state index contributed by atoms with van der Waals surface area (Å²) in [5.74, 6) is 0.798. The van der Waals surface area contributed by atoms with Gasteiger partial charge >= 0.3 is 0 Å². The van der Waals surface area contributed by atoms with E-state index in [0.29, 0.717) is 13.2 Å². The zero-order valence-corrected chi connectivity index (χ0v) is 14.3. The van der Waals surface area contributed by atoms with Crippen LogP contribution < -0.4 is 15.4 Å². The topological polar surface area (TPSA) is 68.8 Å². The van der Waals surface area contributed by atoms with Crippen molar-refractivity contribution in [3.63, 3.8) is 0 Å². The fraction of sp³-hybridized carbons (Fsp3) is 0.611. The number of hydrogen-bond donors (Lipinski definition) is 2. The molecule has 1 aromatic rings. The van der Waals surface area contributed by atoms with Crippen LogP contribution in [-0.2, 0) is 14.3 Å². The van der Waals surface area contributed by atoms with Gasteiger partial charge in [0.1, 0.15) is 17.9 Å². The first-order valence-corrected chi connectivity index (χ1v) is 8.64. The van der Waals surface area contributed by atoms with Crippen molar-refractivity contribution in [2.45, 2.75) is 44.9 Å². The Morgan fingerprint density at radius 1 is 1.29 bits per heavy atom. The predicted molar refractivity (Wildman–Crippen MR) is 91.5 cm³/mol. The molecule has 2 aliphatic heterocycles. The quantitative estimate of drug-likeness (QED) is 0.880. The molecule has 2 aliphatic rings. The smallest absolute Gasteiger partial charge is 0.244 e. The van der Waals surface area contributed by atoms with E-state index in [1.165, 1.54) is 0 Å². The number of benzene rings is 1. The van der Waals surface area contributed by atoms with Crippen molar-refractivity contribution in [1.82, 2.24) is 5.32 Å². The van der Waals surface area contributed by atoms with Gasteiger partial charge in [-0.05, 0) is 37.6 Å².